The molecule has 0 aromatic heterocycles. The summed E-state index contributed by atoms with van der Waals surface area (Å²) in [6.45, 7) is 0. The zero-order valence-corrected chi connectivity index (χ0v) is 10.8. The molecule has 0 heterocycles. The van der Waals surface area contributed by atoms with E-state index in [1.807, 2.05) is 72.7 Å². The molecule has 0 radical (unpaired) electrons. The van der Waals surface area contributed by atoms with Crippen molar-refractivity contribution in [1.29, 1.82) is 0 Å². The summed E-state index contributed by atoms with van der Waals surface area (Å²) in [6.07, 6.45) is 2.67. The van der Waals surface area contributed by atoms with Gasteiger partial charge in [0.1, 0.15) is 0 Å². The number of para-hydroxylation sites is 1. The zero-order chi connectivity index (χ0) is 13.2. The minimum atomic E-state index is 0.151. The molecule has 0 atom stereocenters. The Bertz CT molecular complexity index is 643. The van der Waals surface area contributed by atoms with Crippen LogP contribution in [0.5, 0.6) is 0 Å². The normalized spacial score (nSPS) is 15.6. The van der Waals surface area contributed by atoms with Crippen molar-refractivity contribution in [1.82, 2.24) is 0 Å². The fourth-order valence-electron chi connectivity index (χ4n) is 2.43. The van der Waals surface area contributed by atoms with Gasteiger partial charge in [0.15, 0.2) is 5.78 Å². The first-order chi connectivity index (χ1) is 9.25. The molecular formula is C17H15NO. The summed E-state index contributed by atoms with van der Waals surface area (Å²) >= 11 is 0. The van der Waals surface area contributed by atoms with E-state index in [2.05, 4.69) is 0 Å². The lowest BCUT2D eigenvalue weighted by Crippen LogP contribution is -2.11. The largest absolute Gasteiger partial charge is 0.351 e. The molecule has 0 amide bonds. The number of rotatable bonds is 2. The van der Waals surface area contributed by atoms with Crippen LogP contribution in [-0.4, -0.2) is 12.8 Å². The minimum absolute atomic E-state index is 0.151. The van der Waals surface area contributed by atoms with Gasteiger partial charge in [-0.25, -0.2) is 0 Å². The van der Waals surface area contributed by atoms with E-state index in [9.17, 15) is 4.79 Å². The molecule has 0 N–H and O–H groups in total. The van der Waals surface area contributed by atoms with Crippen molar-refractivity contribution in [3.8, 4) is 0 Å². The van der Waals surface area contributed by atoms with Gasteiger partial charge in [-0.05, 0) is 17.7 Å². The van der Waals surface area contributed by atoms with E-state index >= 15 is 0 Å². The van der Waals surface area contributed by atoms with Gasteiger partial charge in [0.25, 0.3) is 0 Å². The second-order valence-corrected chi connectivity index (χ2v) is 4.76. The highest BCUT2D eigenvalue weighted by molar-refractivity contribution is 6.13. The van der Waals surface area contributed by atoms with E-state index < -0.39 is 0 Å². The van der Waals surface area contributed by atoms with Crippen molar-refractivity contribution in [2.24, 2.45) is 0 Å². The minimum Gasteiger partial charge on any atom is -0.351 e. The number of Topliss-reactive ketones (excluding diaryl/α,β-unsaturated/α-hetero) is 1. The Kier molecular flexibility index (Phi) is 2.92. The number of fused-ring (bicyclic) bond motifs is 1. The van der Waals surface area contributed by atoms with Gasteiger partial charge in [-0.3, -0.25) is 4.79 Å². The molecule has 0 saturated carbocycles. The molecule has 2 heteroatoms. The van der Waals surface area contributed by atoms with Crippen LogP contribution in [0.3, 0.4) is 0 Å². The molecule has 0 unspecified atom stereocenters. The van der Waals surface area contributed by atoms with E-state index in [1.54, 1.807) is 0 Å². The van der Waals surface area contributed by atoms with Gasteiger partial charge in [0.2, 0.25) is 0 Å². The number of carbonyl (C=O) groups excluding carboxylic acids is 1. The summed E-state index contributed by atoms with van der Waals surface area (Å²) in [5.74, 6) is 0.151. The zero-order valence-electron chi connectivity index (χ0n) is 10.8. The molecule has 0 aliphatic heterocycles. The van der Waals surface area contributed by atoms with E-state index in [0.717, 1.165) is 28.8 Å². The second kappa shape index (κ2) is 4.73. The third kappa shape index (κ3) is 2.17. The van der Waals surface area contributed by atoms with Crippen molar-refractivity contribution in [3.63, 3.8) is 0 Å². The summed E-state index contributed by atoms with van der Waals surface area (Å²) < 4.78 is 0. The maximum atomic E-state index is 12.3. The van der Waals surface area contributed by atoms with E-state index in [1.165, 1.54) is 0 Å². The van der Waals surface area contributed by atoms with Crippen molar-refractivity contribution < 1.29 is 4.79 Å². The van der Waals surface area contributed by atoms with Crippen molar-refractivity contribution in [3.05, 3.63) is 77.5 Å². The van der Waals surface area contributed by atoms with Crippen LogP contribution in [0, 0.1) is 0 Å². The van der Waals surface area contributed by atoms with Crippen LogP contribution in [-0.2, 0) is 6.42 Å². The Balaban J connectivity index is 1.89. The highest BCUT2D eigenvalue weighted by Crippen LogP contribution is 2.26. The van der Waals surface area contributed by atoms with E-state index in [-0.39, 0.29) is 5.78 Å². The fourth-order valence-corrected chi connectivity index (χ4v) is 2.43. The summed E-state index contributed by atoms with van der Waals surface area (Å²) in [7, 11) is 1.97. The van der Waals surface area contributed by atoms with E-state index in [0.29, 0.717) is 0 Å². The van der Waals surface area contributed by atoms with Crippen LogP contribution < -0.4 is 4.90 Å². The van der Waals surface area contributed by atoms with Crippen LogP contribution in [0.15, 0.2) is 66.4 Å². The lowest BCUT2D eigenvalue weighted by molar-refractivity contribution is 0.103. The molecule has 0 spiro atoms. The predicted molar refractivity (Wildman–Crippen MR) is 77.4 cm³/mol. The Morgan fingerprint density at radius 1 is 1.00 bits per heavy atom. The first-order valence-electron chi connectivity index (χ1n) is 6.37. The maximum absolute atomic E-state index is 12.3. The summed E-state index contributed by atoms with van der Waals surface area (Å²) in [5, 5.41) is 0. The number of ketones is 1. The second-order valence-electron chi connectivity index (χ2n) is 4.76. The van der Waals surface area contributed by atoms with Gasteiger partial charge >= 0.3 is 0 Å². The van der Waals surface area contributed by atoms with Crippen LogP contribution in [0.4, 0.5) is 5.69 Å². The van der Waals surface area contributed by atoms with Gasteiger partial charge in [-0.15, -0.1) is 0 Å². The standard InChI is InChI=1S/C17H15NO/c1-18(15-8-3-2-4-9-15)12-14-11-13-7-5-6-10-16(13)17(14)19/h2-10,12H,11H2,1H3. The highest BCUT2D eigenvalue weighted by Gasteiger charge is 2.24. The van der Waals surface area contributed by atoms with Gasteiger partial charge < -0.3 is 4.90 Å². The number of anilines is 1. The predicted octanol–water partition coefficient (Wildman–Crippen LogP) is 3.45. The Labute approximate surface area is 113 Å². The molecule has 0 saturated heterocycles. The van der Waals surface area contributed by atoms with Crippen molar-refractivity contribution in [2.45, 2.75) is 6.42 Å². The summed E-state index contributed by atoms with van der Waals surface area (Å²) in [4.78, 5) is 14.3. The third-order valence-corrected chi connectivity index (χ3v) is 3.45. The molecule has 1 aliphatic carbocycles. The number of carbonyl (C=O) groups is 1. The molecule has 94 valence electrons. The Morgan fingerprint density at radius 3 is 2.42 bits per heavy atom. The molecule has 19 heavy (non-hydrogen) atoms. The SMILES string of the molecule is CN(C=C1Cc2ccccc2C1=O)c1ccccc1. The van der Waals surface area contributed by atoms with Gasteiger partial charge in [0, 0.05) is 36.5 Å². The Morgan fingerprint density at radius 2 is 1.68 bits per heavy atom. The third-order valence-electron chi connectivity index (χ3n) is 3.45. The average molecular weight is 249 g/mol. The lowest BCUT2D eigenvalue weighted by Gasteiger charge is -2.14. The van der Waals surface area contributed by atoms with Crippen LogP contribution in [0.25, 0.3) is 0 Å². The number of nitrogens with zero attached hydrogens (tertiary/aromatic N) is 1. The number of hydrogen-bond acceptors (Lipinski definition) is 2. The molecule has 2 aromatic rings. The van der Waals surface area contributed by atoms with Gasteiger partial charge in [-0.2, -0.15) is 0 Å². The number of hydrogen-bond donors (Lipinski definition) is 0. The lowest BCUT2D eigenvalue weighted by atomic mass is 10.1. The van der Waals surface area contributed by atoms with Gasteiger partial charge in [-0.1, -0.05) is 42.5 Å². The summed E-state index contributed by atoms with van der Waals surface area (Å²) in [5.41, 5.74) is 3.90. The monoisotopic (exact) mass is 249 g/mol. The van der Waals surface area contributed by atoms with Gasteiger partial charge in [0.05, 0.1) is 0 Å². The van der Waals surface area contributed by atoms with Crippen LogP contribution >= 0.6 is 0 Å². The first-order valence-corrected chi connectivity index (χ1v) is 6.37. The molecular weight excluding hydrogens is 234 g/mol. The van der Waals surface area contributed by atoms with Crippen molar-refractivity contribution in [2.75, 3.05) is 11.9 Å². The highest BCUT2D eigenvalue weighted by atomic mass is 16.1. The van der Waals surface area contributed by atoms with Crippen molar-refractivity contribution >= 4 is 11.5 Å². The number of allylic oxidation sites excluding steroid dienone is 1. The smallest absolute Gasteiger partial charge is 0.191 e. The molecule has 1 aliphatic rings. The average Bonchev–Trinajstić information content (AvgIpc) is 2.77. The van der Waals surface area contributed by atoms with E-state index in [4.69, 9.17) is 0 Å². The molecule has 3 rings (SSSR count). The first kappa shape index (κ1) is 11.7. The molecule has 0 bridgehead atoms. The maximum Gasteiger partial charge on any atom is 0.191 e. The fraction of sp³-hybridized carbons (Fsp3) is 0.118. The molecule has 2 aromatic carbocycles. The van der Waals surface area contributed by atoms with Crippen LogP contribution in [0.1, 0.15) is 15.9 Å². The molecule has 0 fully saturated rings. The quantitative estimate of drug-likeness (QED) is 0.760. The summed E-state index contributed by atoms with van der Waals surface area (Å²) in [6, 6.07) is 17.9. The topological polar surface area (TPSA) is 20.3 Å². The number of benzene rings is 2. The Hall–Kier alpha value is -2.35. The molecule has 2 nitrogen and oxygen atoms in total. The van der Waals surface area contributed by atoms with Crippen LogP contribution in [0.2, 0.25) is 0 Å².